The third kappa shape index (κ3) is 6.53. The fourth-order valence-corrected chi connectivity index (χ4v) is 6.99. The highest BCUT2D eigenvalue weighted by Gasteiger charge is 2.39. The quantitative estimate of drug-likeness (QED) is 0.149. The van der Waals surface area contributed by atoms with Gasteiger partial charge in [0, 0.05) is 41.1 Å². The predicted molar refractivity (Wildman–Crippen MR) is 202 cm³/mol. The summed E-state index contributed by atoms with van der Waals surface area (Å²) in [6.45, 7) is 4.25. The highest BCUT2D eigenvalue weighted by Crippen LogP contribution is 2.42. The maximum atomic E-state index is 6.31. The molecule has 2 heterocycles. The molecule has 49 heavy (non-hydrogen) atoms. The van der Waals surface area contributed by atoms with E-state index < -0.39 is 5.54 Å². The molecule has 2 atom stereocenters. The average molecular weight is 659 g/mol. The molecule has 1 N–H and O–H groups in total. The van der Waals surface area contributed by atoms with E-state index in [0.29, 0.717) is 0 Å². The lowest BCUT2D eigenvalue weighted by Crippen LogP contribution is -2.38. The van der Waals surface area contributed by atoms with E-state index in [1.807, 2.05) is 18.3 Å². The van der Waals surface area contributed by atoms with Gasteiger partial charge in [0.05, 0.1) is 11.4 Å². The van der Waals surface area contributed by atoms with E-state index in [1.54, 1.807) is 0 Å². The van der Waals surface area contributed by atoms with Gasteiger partial charge in [0.2, 0.25) is 0 Å². The van der Waals surface area contributed by atoms with Gasteiger partial charge < -0.3 is 5.32 Å². The summed E-state index contributed by atoms with van der Waals surface area (Å²) in [4.78, 5) is 5.05. The number of benzene rings is 4. The van der Waals surface area contributed by atoms with Gasteiger partial charge in [-0.25, -0.2) is 0 Å². The minimum Gasteiger partial charge on any atom is -0.384 e. The molecular formula is C44H39ClN4. The van der Waals surface area contributed by atoms with Crippen LogP contribution >= 0.6 is 11.6 Å². The van der Waals surface area contributed by atoms with E-state index in [9.17, 15) is 0 Å². The van der Waals surface area contributed by atoms with Crippen LogP contribution in [0.5, 0.6) is 0 Å². The van der Waals surface area contributed by atoms with Gasteiger partial charge in [-0.3, -0.25) is 9.67 Å². The van der Waals surface area contributed by atoms with Crippen molar-refractivity contribution in [3.63, 3.8) is 0 Å². The Morgan fingerprint density at radius 2 is 1.39 bits per heavy atom. The largest absolute Gasteiger partial charge is 0.384 e. The van der Waals surface area contributed by atoms with Crippen LogP contribution in [0.4, 0.5) is 0 Å². The maximum Gasteiger partial charge on any atom is 0.138 e. The smallest absolute Gasteiger partial charge is 0.138 e. The summed E-state index contributed by atoms with van der Waals surface area (Å²) in [5, 5.41) is 9.65. The summed E-state index contributed by atoms with van der Waals surface area (Å²) in [5.41, 5.74) is 8.96. The van der Waals surface area contributed by atoms with E-state index in [-0.39, 0.29) is 12.0 Å². The van der Waals surface area contributed by atoms with Gasteiger partial charge in [-0.1, -0.05) is 151 Å². The summed E-state index contributed by atoms with van der Waals surface area (Å²) in [7, 11) is 0. The van der Waals surface area contributed by atoms with Crippen LogP contribution in [0.2, 0.25) is 0 Å². The first-order valence-corrected chi connectivity index (χ1v) is 17.2. The van der Waals surface area contributed by atoms with Crippen molar-refractivity contribution in [1.82, 2.24) is 20.1 Å². The highest BCUT2D eigenvalue weighted by molar-refractivity contribution is 6.31. The standard InChI is InChI=1S/C44H39ClN4/c1-32(34-15-7-3-8-16-34)46-30-41(35-23-26-40(45)27-24-35)36-25-28-43(47-29-36)42-31-49(48-33(42)2)44(37-17-9-4-10-18-37,38-19-11-5-12-20-38)39-21-13-6-14-22-39/h3-23,25-32,35,46H,24H2,1-2H3/b41-30-/t32-,35?/m1/s1. The first kappa shape index (κ1) is 32.1. The summed E-state index contributed by atoms with van der Waals surface area (Å²) in [6, 6.07) is 46.8. The molecule has 5 heteroatoms. The first-order valence-electron chi connectivity index (χ1n) is 16.8. The molecule has 0 saturated carbocycles. The molecule has 6 aromatic rings. The third-order valence-corrected chi connectivity index (χ3v) is 9.71. The molecule has 4 nitrogen and oxygen atoms in total. The lowest BCUT2D eigenvalue weighted by atomic mass is 9.77. The Labute approximate surface area is 294 Å². The number of hydrogen-bond donors (Lipinski definition) is 1. The molecular weight excluding hydrogens is 620 g/mol. The molecule has 1 aliphatic rings. The monoisotopic (exact) mass is 658 g/mol. The summed E-state index contributed by atoms with van der Waals surface area (Å²) >= 11 is 6.31. The number of rotatable bonds is 10. The van der Waals surface area contributed by atoms with E-state index in [0.717, 1.165) is 50.7 Å². The summed E-state index contributed by atoms with van der Waals surface area (Å²) in [5.74, 6) is 0.179. The predicted octanol–water partition coefficient (Wildman–Crippen LogP) is 10.5. The van der Waals surface area contributed by atoms with Crippen LogP contribution < -0.4 is 5.32 Å². The van der Waals surface area contributed by atoms with Crippen LogP contribution in [-0.2, 0) is 5.54 Å². The number of hydrogen-bond acceptors (Lipinski definition) is 3. The van der Waals surface area contributed by atoms with Crippen LogP contribution in [0.25, 0.3) is 16.8 Å². The highest BCUT2D eigenvalue weighted by atomic mass is 35.5. The molecule has 0 amide bonds. The van der Waals surface area contributed by atoms with Crippen molar-refractivity contribution in [3.05, 3.63) is 209 Å². The van der Waals surface area contributed by atoms with E-state index in [1.165, 1.54) is 11.1 Å². The van der Waals surface area contributed by atoms with E-state index in [2.05, 4.69) is 176 Å². The third-order valence-electron chi connectivity index (χ3n) is 9.43. The van der Waals surface area contributed by atoms with Crippen LogP contribution in [0, 0.1) is 12.8 Å². The van der Waals surface area contributed by atoms with Gasteiger partial charge in [0.15, 0.2) is 0 Å². The first-order chi connectivity index (χ1) is 24.0. The van der Waals surface area contributed by atoms with Crippen LogP contribution in [0.3, 0.4) is 0 Å². The number of allylic oxidation sites excluding steroid dienone is 5. The van der Waals surface area contributed by atoms with Gasteiger partial charge in [0.1, 0.15) is 5.54 Å². The topological polar surface area (TPSA) is 42.7 Å². The molecule has 2 aromatic heterocycles. The second-order valence-electron chi connectivity index (χ2n) is 12.5. The lowest BCUT2D eigenvalue weighted by Gasteiger charge is -2.36. The average Bonchev–Trinajstić information content (AvgIpc) is 3.55. The summed E-state index contributed by atoms with van der Waals surface area (Å²) < 4.78 is 2.12. The number of aryl methyl sites for hydroxylation is 1. The van der Waals surface area contributed by atoms with E-state index in [4.69, 9.17) is 21.7 Å². The fraction of sp³-hybridized carbons (Fsp3) is 0.136. The maximum absolute atomic E-state index is 6.31. The Balaban J connectivity index is 1.28. The molecule has 7 rings (SSSR count). The lowest BCUT2D eigenvalue weighted by molar-refractivity contribution is 0.458. The molecule has 0 fully saturated rings. The number of aromatic nitrogens is 3. The molecule has 0 saturated heterocycles. The van der Waals surface area contributed by atoms with E-state index >= 15 is 0 Å². The zero-order valence-corrected chi connectivity index (χ0v) is 28.5. The Morgan fingerprint density at radius 1 is 0.816 bits per heavy atom. The number of nitrogens with zero attached hydrogens (tertiary/aromatic N) is 3. The Kier molecular flexibility index (Phi) is 9.40. The van der Waals surface area contributed by atoms with Crippen LogP contribution in [0.1, 0.15) is 52.9 Å². The molecule has 0 bridgehead atoms. The van der Waals surface area contributed by atoms with Crippen molar-refractivity contribution < 1.29 is 0 Å². The zero-order valence-electron chi connectivity index (χ0n) is 27.7. The molecule has 242 valence electrons. The second-order valence-corrected chi connectivity index (χ2v) is 12.9. The molecule has 1 unspecified atom stereocenters. The fourth-order valence-electron chi connectivity index (χ4n) is 6.82. The Bertz CT molecular complexity index is 1980. The number of pyridine rings is 1. The molecule has 0 aliphatic heterocycles. The molecule has 0 radical (unpaired) electrons. The van der Waals surface area contributed by atoms with Gasteiger partial charge in [0.25, 0.3) is 0 Å². The van der Waals surface area contributed by atoms with Gasteiger partial charge in [-0.2, -0.15) is 5.10 Å². The minimum atomic E-state index is -0.689. The number of halogens is 1. The Morgan fingerprint density at radius 3 is 1.90 bits per heavy atom. The second kappa shape index (κ2) is 14.3. The molecule has 0 spiro atoms. The Hall–Kier alpha value is -5.45. The van der Waals surface area contributed by atoms with Crippen LogP contribution in [0.15, 0.2) is 175 Å². The van der Waals surface area contributed by atoms with Crippen molar-refractivity contribution >= 4 is 17.2 Å². The molecule has 1 aliphatic carbocycles. The van der Waals surface area contributed by atoms with Gasteiger partial charge in [-0.15, -0.1) is 0 Å². The van der Waals surface area contributed by atoms with Crippen molar-refractivity contribution in [3.8, 4) is 11.3 Å². The van der Waals surface area contributed by atoms with Crippen molar-refractivity contribution in [2.45, 2.75) is 31.8 Å². The van der Waals surface area contributed by atoms with Gasteiger partial charge in [-0.05, 0) is 65.8 Å². The zero-order chi connectivity index (χ0) is 33.6. The van der Waals surface area contributed by atoms with Crippen molar-refractivity contribution in [1.29, 1.82) is 0 Å². The molecule has 4 aromatic carbocycles. The van der Waals surface area contributed by atoms with Crippen molar-refractivity contribution in [2.24, 2.45) is 5.92 Å². The minimum absolute atomic E-state index is 0.155. The normalized spacial score (nSPS) is 15.4. The summed E-state index contributed by atoms with van der Waals surface area (Å²) in [6.07, 6.45) is 13.4. The van der Waals surface area contributed by atoms with Crippen molar-refractivity contribution in [2.75, 3.05) is 0 Å². The van der Waals surface area contributed by atoms with Gasteiger partial charge >= 0.3 is 0 Å². The number of nitrogens with one attached hydrogen (secondary N) is 1. The SMILES string of the molecule is Cc1nn(C(c2ccccc2)(c2ccccc2)c2ccccc2)cc1-c1ccc(/C(=C\N[C@H](C)c2ccccc2)C2C=CC(Cl)=CC2)cn1. The van der Waals surface area contributed by atoms with Crippen LogP contribution in [-0.4, -0.2) is 14.8 Å².